The molecule has 1 aliphatic heterocycles. The molecule has 184 valence electrons. The van der Waals surface area contributed by atoms with Gasteiger partial charge in [-0.05, 0) is 56.9 Å². The third-order valence-corrected chi connectivity index (χ3v) is 6.95. The number of carbonyl (C=O) groups excluding carboxylic acids is 2. The number of furan rings is 1. The second-order valence-electron chi connectivity index (χ2n) is 9.06. The summed E-state index contributed by atoms with van der Waals surface area (Å²) < 4.78 is 11.3. The molecule has 5 rings (SSSR count). The molecule has 0 spiro atoms. The van der Waals surface area contributed by atoms with E-state index in [1.165, 1.54) is 6.20 Å². The molecule has 4 heterocycles. The molecule has 0 atom stereocenters. The summed E-state index contributed by atoms with van der Waals surface area (Å²) in [5.74, 6) is -0.458. The van der Waals surface area contributed by atoms with Gasteiger partial charge in [-0.2, -0.15) is 0 Å². The molecule has 2 N–H and O–H groups in total. The van der Waals surface area contributed by atoms with E-state index in [9.17, 15) is 9.59 Å². The molecule has 1 aliphatic carbocycles. The molecule has 1 saturated heterocycles. The number of pyridine rings is 2. The fourth-order valence-corrected chi connectivity index (χ4v) is 4.96. The topological polar surface area (TPSA) is 110 Å². The Morgan fingerprint density at radius 3 is 2.54 bits per heavy atom. The Hall–Kier alpha value is -3.01. The minimum Gasteiger partial charge on any atom is -0.447 e. The van der Waals surface area contributed by atoms with E-state index in [4.69, 9.17) is 20.8 Å². The van der Waals surface area contributed by atoms with Crippen molar-refractivity contribution in [3.8, 4) is 0 Å². The van der Waals surface area contributed by atoms with Crippen LogP contribution < -0.4 is 10.6 Å². The largest absolute Gasteiger partial charge is 0.447 e. The normalized spacial score (nSPS) is 21.1. The summed E-state index contributed by atoms with van der Waals surface area (Å²) in [5.41, 5.74) is 1.92. The zero-order chi connectivity index (χ0) is 24.4. The lowest BCUT2D eigenvalue weighted by atomic mass is 9.84. The summed E-state index contributed by atoms with van der Waals surface area (Å²) >= 11 is 5.89. The van der Waals surface area contributed by atoms with Gasteiger partial charge in [-0.1, -0.05) is 11.6 Å². The maximum absolute atomic E-state index is 13.3. The highest BCUT2D eigenvalue weighted by atomic mass is 35.5. The Labute approximate surface area is 208 Å². The number of halogens is 1. The lowest BCUT2D eigenvalue weighted by molar-refractivity contribution is -0.121. The van der Waals surface area contributed by atoms with Crippen LogP contribution in [0, 0.1) is 12.8 Å². The highest BCUT2D eigenvalue weighted by Crippen LogP contribution is 2.33. The van der Waals surface area contributed by atoms with Crippen molar-refractivity contribution in [2.24, 2.45) is 5.92 Å². The zero-order valence-corrected chi connectivity index (χ0v) is 20.3. The van der Waals surface area contributed by atoms with Crippen LogP contribution in [0.15, 0.2) is 34.9 Å². The van der Waals surface area contributed by atoms with E-state index in [1.54, 1.807) is 24.3 Å². The van der Waals surface area contributed by atoms with Crippen LogP contribution in [-0.4, -0.2) is 59.0 Å². The fourth-order valence-electron chi connectivity index (χ4n) is 4.84. The number of morpholine rings is 1. The molecule has 0 radical (unpaired) electrons. The van der Waals surface area contributed by atoms with Crippen LogP contribution >= 0.6 is 11.6 Å². The monoisotopic (exact) mass is 497 g/mol. The third-order valence-electron chi connectivity index (χ3n) is 6.73. The number of nitrogens with one attached hydrogen (secondary N) is 2. The van der Waals surface area contributed by atoms with Gasteiger partial charge in [0, 0.05) is 36.9 Å². The first-order valence-electron chi connectivity index (χ1n) is 11.9. The van der Waals surface area contributed by atoms with Gasteiger partial charge in [-0.15, -0.1) is 0 Å². The van der Waals surface area contributed by atoms with Crippen LogP contribution in [0.25, 0.3) is 11.1 Å². The Morgan fingerprint density at radius 2 is 1.83 bits per heavy atom. The highest BCUT2D eigenvalue weighted by Gasteiger charge is 2.32. The predicted octanol–water partition coefficient (Wildman–Crippen LogP) is 4.27. The van der Waals surface area contributed by atoms with E-state index >= 15 is 0 Å². The summed E-state index contributed by atoms with van der Waals surface area (Å²) in [5, 5.41) is 6.13. The predicted molar refractivity (Wildman–Crippen MR) is 133 cm³/mol. The van der Waals surface area contributed by atoms with Crippen molar-refractivity contribution >= 4 is 46.0 Å². The first-order chi connectivity index (χ1) is 17.0. The zero-order valence-electron chi connectivity index (χ0n) is 19.6. The van der Waals surface area contributed by atoms with Crippen molar-refractivity contribution in [3.05, 3.63) is 46.9 Å². The minimum absolute atomic E-state index is 0.00907. The smallest absolute Gasteiger partial charge is 0.294 e. The van der Waals surface area contributed by atoms with E-state index in [-0.39, 0.29) is 23.3 Å². The summed E-state index contributed by atoms with van der Waals surface area (Å²) in [6.45, 7) is 5.30. The molecule has 35 heavy (non-hydrogen) atoms. The first kappa shape index (κ1) is 23.7. The molecule has 1 saturated carbocycles. The quantitative estimate of drug-likeness (QED) is 0.541. The minimum atomic E-state index is -0.526. The van der Waals surface area contributed by atoms with Gasteiger partial charge in [0.05, 0.1) is 18.2 Å². The Balaban J connectivity index is 1.33. The average molecular weight is 498 g/mol. The van der Waals surface area contributed by atoms with Crippen molar-refractivity contribution < 1.29 is 18.7 Å². The number of aryl methyl sites for hydroxylation is 1. The number of fused-ring (bicyclic) bond motifs is 1. The molecule has 2 amide bonds. The molecule has 2 aliphatic rings. The van der Waals surface area contributed by atoms with Crippen LogP contribution in [0.1, 0.15) is 41.9 Å². The lowest BCUT2D eigenvalue weighted by Crippen LogP contribution is -2.45. The number of hydrogen-bond acceptors (Lipinski definition) is 7. The SMILES string of the molecule is Cc1ccc2oc(C(=O)Nc3ccc(Cl)cn3)c(NC(=O)[C@H]3CC[C@H](N4CCOCC4)CC3)c2n1. The number of carbonyl (C=O) groups is 2. The second kappa shape index (κ2) is 10.3. The molecule has 0 bridgehead atoms. The molecule has 2 fully saturated rings. The molecule has 10 heteroatoms. The number of hydrogen-bond donors (Lipinski definition) is 2. The lowest BCUT2D eigenvalue weighted by Gasteiger charge is -2.38. The van der Waals surface area contributed by atoms with Crippen molar-refractivity contribution in [2.75, 3.05) is 36.9 Å². The average Bonchev–Trinajstić information content (AvgIpc) is 3.23. The van der Waals surface area contributed by atoms with E-state index < -0.39 is 5.91 Å². The second-order valence-corrected chi connectivity index (χ2v) is 9.50. The summed E-state index contributed by atoms with van der Waals surface area (Å²) in [7, 11) is 0. The fraction of sp³-hybridized carbons (Fsp3) is 0.440. The third kappa shape index (κ3) is 5.32. The van der Waals surface area contributed by atoms with Gasteiger partial charge >= 0.3 is 0 Å². The first-order valence-corrected chi connectivity index (χ1v) is 12.3. The molecule has 9 nitrogen and oxygen atoms in total. The number of aromatic nitrogens is 2. The Kier molecular flexibility index (Phi) is 6.99. The van der Waals surface area contributed by atoms with Gasteiger partial charge in [0.1, 0.15) is 17.0 Å². The van der Waals surface area contributed by atoms with Gasteiger partial charge in [0.25, 0.3) is 5.91 Å². The maximum atomic E-state index is 13.3. The van der Waals surface area contributed by atoms with Gasteiger partial charge in [0.15, 0.2) is 5.58 Å². The van der Waals surface area contributed by atoms with Gasteiger partial charge in [-0.3, -0.25) is 14.5 Å². The van der Waals surface area contributed by atoms with Crippen molar-refractivity contribution in [2.45, 2.75) is 38.6 Å². The maximum Gasteiger partial charge on any atom is 0.294 e. The standard InChI is InChI=1S/C25H28ClN5O4/c1-15-2-8-19-21(28-15)22(23(35-19)25(33)29-20-9-5-17(26)14-27-20)30-24(32)16-3-6-18(7-4-16)31-10-12-34-13-11-31/h2,5,8-9,14,16,18H,3-4,6-7,10-13H2,1H3,(H,30,32)(H,27,29,33)/t16-,18-. The summed E-state index contributed by atoms with van der Waals surface area (Å²) in [4.78, 5) is 37.5. The van der Waals surface area contributed by atoms with Crippen molar-refractivity contribution in [1.82, 2.24) is 14.9 Å². The van der Waals surface area contributed by atoms with Gasteiger partial charge in [-0.25, -0.2) is 9.97 Å². The molecular weight excluding hydrogens is 470 g/mol. The van der Waals surface area contributed by atoms with Crippen molar-refractivity contribution in [3.63, 3.8) is 0 Å². The van der Waals surface area contributed by atoms with E-state index in [0.717, 1.165) is 57.7 Å². The van der Waals surface area contributed by atoms with E-state index in [2.05, 4.69) is 25.5 Å². The molecule has 0 unspecified atom stereocenters. The van der Waals surface area contributed by atoms with Crippen molar-refractivity contribution in [1.29, 1.82) is 0 Å². The highest BCUT2D eigenvalue weighted by molar-refractivity contribution is 6.30. The molecular formula is C25H28ClN5O4. The van der Waals surface area contributed by atoms with Gasteiger partial charge in [0.2, 0.25) is 11.7 Å². The van der Waals surface area contributed by atoms with Crippen LogP contribution in [0.4, 0.5) is 11.5 Å². The molecule has 0 aromatic carbocycles. The molecule has 3 aromatic rings. The number of anilines is 2. The van der Waals surface area contributed by atoms with Gasteiger partial charge < -0.3 is 19.8 Å². The van der Waals surface area contributed by atoms with Crippen LogP contribution in [-0.2, 0) is 9.53 Å². The Bertz CT molecular complexity index is 1210. The summed E-state index contributed by atoms with van der Waals surface area (Å²) in [6, 6.07) is 7.26. The summed E-state index contributed by atoms with van der Waals surface area (Å²) in [6.07, 6.45) is 4.98. The number of nitrogens with zero attached hydrogens (tertiary/aromatic N) is 3. The van der Waals surface area contributed by atoms with Crippen LogP contribution in [0.2, 0.25) is 5.02 Å². The van der Waals surface area contributed by atoms with E-state index in [1.807, 2.05) is 6.92 Å². The van der Waals surface area contributed by atoms with Crippen LogP contribution in [0.5, 0.6) is 0 Å². The number of ether oxygens (including phenoxy) is 1. The Morgan fingerprint density at radius 1 is 1.06 bits per heavy atom. The van der Waals surface area contributed by atoms with E-state index in [0.29, 0.717) is 28.0 Å². The number of rotatable bonds is 5. The number of amides is 2. The molecule has 3 aromatic heterocycles. The van der Waals surface area contributed by atoms with Crippen LogP contribution in [0.3, 0.4) is 0 Å².